The molecular formula is C28H42N4Si. The van der Waals surface area contributed by atoms with Crippen molar-refractivity contribution >= 4 is 30.8 Å². The molecule has 4 rings (SSSR count). The van der Waals surface area contributed by atoms with Crippen molar-refractivity contribution in [2.75, 3.05) is 5.32 Å². The van der Waals surface area contributed by atoms with Gasteiger partial charge in [0.05, 0.1) is 11.9 Å². The second-order valence-electron chi connectivity index (χ2n) is 11.0. The molecule has 5 heteroatoms. The second-order valence-corrected chi connectivity index (χ2v) is 16.7. The smallest absolute Gasteiger partial charge is 0.171 e. The molecule has 0 radical (unpaired) electrons. The Bertz CT molecular complexity index is 1050. The standard InChI is InChI=1S/C28H42N4Si/c1-19(2)33(20(3)4,21(5)6)32-18-26(23-11-9-8-10-12-23)25-15-16-27(31-28(25)32)30-24-14-13-22(7)29-17-24/h13-21,23H,8-12H2,1-7H3,(H,30,31). The molecule has 178 valence electrons. The van der Waals surface area contributed by atoms with Crippen LogP contribution in [0.2, 0.25) is 16.6 Å². The Morgan fingerprint density at radius 1 is 0.909 bits per heavy atom. The van der Waals surface area contributed by atoms with Crippen LogP contribution in [0.4, 0.5) is 11.5 Å². The molecule has 33 heavy (non-hydrogen) atoms. The molecule has 3 aromatic rings. The summed E-state index contributed by atoms with van der Waals surface area (Å²) in [7, 11) is -1.92. The van der Waals surface area contributed by atoms with Gasteiger partial charge in [-0.05, 0) is 72.1 Å². The molecule has 4 nitrogen and oxygen atoms in total. The van der Waals surface area contributed by atoms with Crippen molar-refractivity contribution in [3.63, 3.8) is 0 Å². The lowest BCUT2D eigenvalue weighted by atomic mass is 9.84. The quantitative estimate of drug-likeness (QED) is 0.358. The van der Waals surface area contributed by atoms with Crippen molar-refractivity contribution in [1.29, 1.82) is 0 Å². The predicted molar refractivity (Wildman–Crippen MR) is 144 cm³/mol. The molecule has 3 heterocycles. The van der Waals surface area contributed by atoms with Gasteiger partial charge in [-0.1, -0.05) is 60.8 Å². The topological polar surface area (TPSA) is 42.7 Å². The minimum Gasteiger partial charge on any atom is -0.358 e. The van der Waals surface area contributed by atoms with Gasteiger partial charge in [0.25, 0.3) is 0 Å². The van der Waals surface area contributed by atoms with Gasteiger partial charge in [-0.2, -0.15) is 0 Å². The first-order valence-corrected chi connectivity index (χ1v) is 15.1. The molecule has 0 saturated heterocycles. The third kappa shape index (κ3) is 4.36. The summed E-state index contributed by atoms with van der Waals surface area (Å²) in [6.45, 7) is 16.7. The zero-order valence-electron chi connectivity index (χ0n) is 21.7. The molecule has 1 aliphatic rings. The highest BCUT2D eigenvalue weighted by Gasteiger charge is 2.46. The van der Waals surface area contributed by atoms with Gasteiger partial charge in [-0.3, -0.25) is 4.98 Å². The Morgan fingerprint density at radius 2 is 1.58 bits per heavy atom. The number of hydrogen-bond donors (Lipinski definition) is 1. The van der Waals surface area contributed by atoms with Gasteiger partial charge in [0.15, 0.2) is 8.24 Å². The van der Waals surface area contributed by atoms with Crippen LogP contribution in [0.25, 0.3) is 11.0 Å². The van der Waals surface area contributed by atoms with Crippen molar-refractivity contribution in [1.82, 2.24) is 14.2 Å². The van der Waals surface area contributed by atoms with Crippen LogP contribution in [0.1, 0.15) is 90.8 Å². The van der Waals surface area contributed by atoms with Crippen LogP contribution >= 0.6 is 0 Å². The molecule has 0 atom stereocenters. The first-order chi connectivity index (χ1) is 15.7. The lowest BCUT2D eigenvalue weighted by Crippen LogP contribution is -2.51. The zero-order chi connectivity index (χ0) is 23.8. The molecule has 0 amide bonds. The first-order valence-electron chi connectivity index (χ1n) is 13.0. The normalized spacial score (nSPS) is 15.8. The molecule has 1 fully saturated rings. The third-order valence-corrected chi connectivity index (χ3v) is 14.8. The van der Waals surface area contributed by atoms with E-state index in [0.717, 1.165) is 17.2 Å². The Balaban J connectivity index is 1.90. The van der Waals surface area contributed by atoms with Gasteiger partial charge in [0, 0.05) is 17.3 Å². The molecule has 1 N–H and O–H groups in total. The molecule has 0 unspecified atom stereocenters. The van der Waals surface area contributed by atoms with Crippen molar-refractivity contribution in [3.05, 3.63) is 47.9 Å². The van der Waals surface area contributed by atoms with E-state index in [2.05, 4.69) is 80.5 Å². The van der Waals surface area contributed by atoms with Crippen molar-refractivity contribution in [2.24, 2.45) is 0 Å². The fourth-order valence-electron chi connectivity index (χ4n) is 6.76. The Hall–Kier alpha value is -2.14. The van der Waals surface area contributed by atoms with Crippen LogP contribution in [-0.4, -0.2) is 22.4 Å². The minimum absolute atomic E-state index is 0.631. The van der Waals surface area contributed by atoms with Gasteiger partial charge in [0.1, 0.15) is 11.5 Å². The summed E-state index contributed by atoms with van der Waals surface area (Å²) in [6.07, 6.45) is 11.2. The summed E-state index contributed by atoms with van der Waals surface area (Å²) in [6, 6.07) is 8.60. The summed E-state index contributed by atoms with van der Waals surface area (Å²) < 4.78 is 2.71. The number of nitrogens with zero attached hydrogens (tertiary/aromatic N) is 3. The largest absolute Gasteiger partial charge is 0.358 e. The van der Waals surface area contributed by atoms with E-state index in [1.807, 2.05) is 19.2 Å². The summed E-state index contributed by atoms with van der Waals surface area (Å²) in [5, 5.41) is 4.88. The molecule has 0 bridgehead atoms. The molecule has 0 spiro atoms. The second kappa shape index (κ2) is 9.61. The fourth-order valence-corrected chi connectivity index (χ4v) is 13.3. The predicted octanol–water partition coefficient (Wildman–Crippen LogP) is 8.55. The SMILES string of the molecule is Cc1ccc(Nc2ccc3c(C4CCCCC4)cn([Si](C(C)C)(C(C)C)C(C)C)c3n2)cn1. The molecular weight excluding hydrogens is 420 g/mol. The maximum absolute atomic E-state index is 5.28. The average Bonchev–Trinajstić information content (AvgIpc) is 3.15. The number of aryl methyl sites for hydroxylation is 1. The van der Waals surface area contributed by atoms with E-state index in [-0.39, 0.29) is 0 Å². The Morgan fingerprint density at radius 3 is 2.15 bits per heavy atom. The summed E-state index contributed by atoms with van der Waals surface area (Å²) in [4.78, 5) is 9.72. The first kappa shape index (κ1) is 24.0. The maximum Gasteiger partial charge on any atom is 0.171 e. The van der Waals surface area contributed by atoms with Gasteiger partial charge in [-0.15, -0.1) is 0 Å². The summed E-state index contributed by atoms with van der Waals surface area (Å²) in [5.41, 5.74) is 6.63. The van der Waals surface area contributed by atoms with Crippen LogP contribution < -0.4 is 5.32 Å². The van der Waals surface area contributed by atoms with E-state index in [0.29, 0.717) is 22.5 Å². The monoisotopic (exact) mass is 462 g/mol. The highest BCUT2D eigenvalue weighted by Crippen LogP contribution is 2.46. The number of nitrogens with one attached hydrogen (secondary N) is 1. The number of fused-ring (bicyclic) bond motifs is 1. The minimum atomic E-state index is -1.92. The van der Waals surface area contributed by atoms with E-state index in [1.165, 1.54) is 43.1 Å². The lowest BCUT2D eigenvalue weighted by molar-refractivity contribution is 0.445. The van der Waals surface area contributed by atoms with E-state index in [9.17, 15) is 0 Å². The Labute approximate surface area is 201 Å². The summed E-state index contributed by atoms with van der Waals surface area (Å²) in [5.74, 6) is 1.57. The molecule has 1 saturated carbocycles. The highest BCUT2D eigenvalue weighted by atomic mass is 28.3. The highest BCUT2D eigenvalue weighted by molar-refractivity contribution is 6.82. The van der Waals surface area contributed by atoms with Gasteiger partial charge >= 0.3 is 0 Å². The Kier molecular flexibility index (Phi) is 6.99. The average molecular weight is 463 g/mol. The summed E-state index contributed by atoms with van der Waals surface area (Å²) >= 11 is 0. The maximum atomic E-state index is 5.28. The van der Waals surface area contributed by atoms with Gasteiger partial charge in [0.2, 0.25) is 0 Å². The van der Waals surface area contributed by atoms with Gasteiger partial charge < -0.3 is 9.55 Å². The molecule has 0 aromatic carbocycles. The molecule has 3 aromatic heterocycles. The van der Waals surface area contributed by atoms with Crippen LogP contribution in [-0.2, 0) is 0 Å². The number of rotatable bonds is 7. The van der Waals surface area contributed by atoms with E-state index < -0.39 is 8.24 Å². The van der Waals surface area contributed by atoms with Gasteiger partial charge in [-0.25, -0.2) is 4.98 Å². The van der Waals surface area contributed by atoms with Crippen molar-refractivity contribution in [2.45, 2.75) is 103 Å². The fraction of sp³-hybridized carbons (Fsp3) is 0.571. The lowest BCUT2D eigenvalue weighted by Gasteiger charge is -2.44. The van der Waals surface area contributed by atoms with Crippen molar-refractivity contribution < 1.29 is 0 Å². The molecule has 1 aliphatic carbocycles. The van der Waals surface area contributed by atoms with Crippen LogP contribution in [0.5, 0.6) is 0 Å². The third-order valence-electron chi connectivity index (χ3n) is 8.10. The molecule has 0 aliphatic heterocycles. The van der Waals surface area contributed by atoms with E-state index in [1.54, 1.807) is 5.56 Å². The number of aromatic nitrogens is 3. The number of pyridine rings is 2. The van der Waals surface area contributed by atoms with Crippen LogP contribution in [0.15, 0.2) is 36.7 Å². The van der Waals surface area contributed by atoms with Crippen LogP contribution in [0, 0.1) is 6.92 Å². The van der Waals surface area contributed by atoms with Crippen LogP contribution in [0.3, 0.4) is 0 Å². The zero-order valence-corrected chi connectivity index (χ0v) is 22.7. The number of anilines is 2. The van der Waals surface area contributed by atoms with Crippen molar-refractivity contribution in [3.8, 4) is 0 Å². The van der Waals surface area contributed by atoms with E-state index >= 15 is 0 Å². The number of hydrogen-bond acceptors (Lipinski definition) is 3. The van der Waals surface area contributed by atoms with E-state index in [4.69, 9.17) is 4.98 Å².